The van der Waals surface area contributed by atoms with E-state index in [1.807, 2.05) is 0 Å². The van der Waals surface area contributed by atoms with Crippen molar-refractivity contribution < 1.29 is 13.0 Å². The standard InChI is InChI=1S/C6H14N2O3S2/c7-6(8)12-4-2-1-3-5-13(9,10)11/h1-5H2,(H3,7,8)(H,9,10,11). The van der Waals surface area contributed by atoms with E-state index in [-0.39, 0.29) is 10.9 Å². The molecule has 0 radical (unpaired) electrons. The molecule has 0 aromatic carbocycles. The van der Waals surface area contributed by atoms with E-state index < -0.39 is 10.1 Å². The van der Waals surface area contributed by atoms with Crippen LogP contribution in [0.4, 0.5) is 0 Å². The predicted octanol–water partition coefficient (Wildman–Crippen LogP) is 0.671. The Kier molecular flexibility index (Phi) is 6.10. The third-order valence-electron chi connectivity index (χ3n) is 1.30. The maximum Gasteiger partial charge on any atom is 0.264 e. The van der Waals surface area contributed by atoms with E-state index in [0.717, 1.165) is 18.6 Å². The summed E-state index contributed by atoms with van der Waals surface area (Å²) in [4.78, 5) is 0. The monoisotopic (exact) mass is 226 g/mol. The summed E-state index contributed by atoms with van der Waals surface area (Å²) in [5.41, 5.74) is 5.09. The average Bonchev–Trinajstić information content (AvgIpc) is 1.93. The SMILES string of the molecule is N=C(N)SCCCCCS(=O)(=O)O. The molecule has 0 aliphatic carbocycles. The van der Waals surface area contributed by atoms with Crippen LogP contribution in [0.5, 0.6) is 0 Å². The fraction of sp³-hybridized carbons (Fsp3) is 0.833. The molecule has 13 heavy (non-hydrogen) atoms. The Morgan fingerprint density at radius 3 is 2.46 bits per heavy atom. The van der Waals surface area contributed by atoms with Crippen molar-refractivity contribution in [2.75, 3.05) is 11.5 Å². The van der Waals surface area contributed by atoms with Crippen LogP contribution in [0.1, 0.15) is 19.3 Å². The molecular weight excluding hydrogens is 212 g/mol. The summed E-state index contributed by atoms with van der Waals surface area (Å²) in [6.07, 6.45) is 1.98. The van der Waals surface area contributed by atoms with Gasteiger partial charge >= 0.3 is 0 Å². The van der Waals surface area contributed by atoms with Crippen LogP contribution in [0, 0.1) is 5.41 Å². The Morgan fingerprint density at radius 1 is 1.38 bits per heavy atom. The number of hydrogen-bond donors (Lipinski definition) is 3. The molecule has 7 heteroatoms. The molecule has 0 saturated heterocycles. The molecule has 5 nitrogen and oxygen atoms in total. The van der Waals surface area contributed by atoms with Gasteiger partial charge in [-0.05, 0) is 12.8 Å². The van der Waals surface area contributed by atoms with Gasteiger partial charge < -0.3 is 5.73 Å². The topological polar surface area (TPSA) is 104 Å². The molecular formula is C6H14N2O3S2. The van der Waals surface area contributed by atoms with Gasteiger partial charge in [0.25, 0.3) is 10.1 Å². The van der Waals surface area contributed by atoms with Gasteiger partial charge in [0, 0.05) is 5.75 Å². The van der Waals surface area contributed by atoms with Gasteiger partial charge in [-0.3, -0.25) is 9.96 Å². The molecule has 4 N–H and O–H groups in total. The summed E-state index contributed by atoms with van der Waals surface area (Å²) in [5.74, 6) is 0.540. The normalized spacial score (nSPS) is 11.5. The zero-order valence-electron chi connectivity index (χ0n) is 7.19. The van der Waals surface area contributed by atoms with Crippen LogP contribution in [0.3, 0.4) is 0 Å². The molecule has 78 valence electrons. The van der Waals surface area contributed by atoms with Gasteiger partial charge in [0.15, 0.2) is 5.17 Å². The number of amidine groups is 1. The van der Waals surface area contributed by atoms with Crippen molar-refractivity contribution in [1.82, 2.24) is 0 Å². The summed E-state index contributed by atoms with van der Waals surface area (Å²) in [7, 11) is -3.80. The van der Waals surface area contributed by atoms with Crippen LogP contribution >= 0.6 is 11.8 Å². The molecule has 0 bridgehead atoms. The molecule has 0 aliphatic heterocycles. The lowest BCUT2D eigenvalue weighted by molar-refractivity contribution is 0.480. The zero-order chi connectivity index (χ0) is 10.3. The van der Waals surface area contributed by atoms with Gasteiger partial charge in [0.1, 0.15) is 0 Å². The van der Waals surface area contributed by atoms with Crippen molar-refractivity contribution in [3.63, 3.8) is 0 Å². The van der Waals surface area contributed by atoms with Crippen LogP contribution < -0.4 is 5.73 Å². The van der Waals surface area contributed by atoms with E-state index in [0.29, 0.717) is 6.42 Å². The van der Waals surface area contributed by atoms with Crippen LogP contribution in [0.25, 0.3) is 0 Å². The minimum atomic E-state index is -3.80. The van der Waals surface area contributed by atoms with Crippen molar-refractivity contribution in [1.29, 1.82) is 5.41 Å². The maximum atomic E-state index is 10.3. The van der Waals surface area contributed by atoms with E-state index in [1.165, 1.54) is 11.8 Å². The first-order chi connectivity index (χ1) is 5.92. The third kappa shape index (κ3) is 11.7. The predicted molar refractivity (Wildman–Crippen MR) is 54.6 cm³/mol. The lowest BCUT2D eigenvalue weighted by Gasteiger charge is -1.98. The molecule has 0 fully saturated rings. The second-order valence-electron chi connectivity index (χ2n) is 2.56. The molecule has 0 aromatic heterocycles. The van der Waals surface area contributed by atoms with E-state index >= 15 is 0 Å². The van der Waals surface area contributed by atoms with Crippen molar-refractivity contribution in [2.45, 2.75) is 19.3 Å². The van der Waals surface area contributed by atoms with Gasteiger partial charge in [0.05, 0.1) is 5.75 Å². The number of thioether (sulfide) groups is 1. The Morgan fingerprint density at radius 2 is 2.00 bits per heavy atom. The van der Waals surface area contributed by atoms with Gasteiger partial charge in [-0.25, -0.2) is 0 Å². The molecule has 0 spiro atoms. The van der Waals surface area contributed by atoms with Crippen molar-refractivity contribution in [3.05, 3.63) is 0 Å². The highest BCUT2D eigenvalue weighted by molar-refractivity contribution is 8.13. The molecule has 0 amide bonds. The summed E-state index contributed by atoms with van der Waals surface area (Å²) in [5, 5.41) is 6.96. The third-order valence-corrected chi connectivity index (χ3v) is 2.91. The Bertz CT molecular complexity index is 251. The van der Waals surface area contributed by atoms with Crippen molar-refractivity contribution in [2.24, 2.45) is 5.73 Å². The van der Waals surface area contributed by atoms with Crippen LogP contribution in [-0.4, -0.2) is 29.6 Å². The Balaban J connectivity index is 3.23. The number of unbranched alkanes of at least 4 members (excludes halogenated alkanes) is 2. The van der Waals surface area contributed by atoms with Gasteiger partial charge in [-0.1, -0.05) is 18.2 Å². The van der Waals surface area contributed by atoms with E-state index in [2.05, 4.69) is 0 Å². The van der Waals surface area contributed by atoms with Gasteiger partial charge in [-0.2, -0.15) is 8.42 Å². The lowest BCUT2D eigenvalue weighted by atomic mass is 10.3. The molecule has 0 saturated carbocycles. The summed E-state index contributed by atoms with van der Waals surface area (Å²) in [6, 6.07) is 0. The lowest BCUT2D eigenvalue weighted by Crippen LogP contribution is -2.05. The second-order valence-corrected chi connectivity index (χ2v) is 5.27. The average molecular weight is 226 g/mol. The van der Waals surface area contributed by atoms with Crippen molar-refractivity contribution >= 4 is 27.0 Å². The first kappa shape index (κ1) is 12.7. The van der Waals surface area contributed by atoms with Gasteiger partial charge in [0.2, 0.25) is 0 Å². The molecule has 0 rings (SSSR count). The zero-order valence-corrected chi connectivity index (χ0v) is 8.83. The number of nitrogens with two attached hydrogens (primary N) is 1. The molecule has 0 heterocycles. The van der Waals surface area contributed by atoms with E-state index in [1.54, 1.807) is 0 Å². The first-order valence-electron chi connectivity index (χ1n) is 3.84. The number of nitrogens with one attached hydrogen (secondary N) is 1. The number of hydrogen-bond acceptors (Lipinski definition) is 4. The minimum Gasteiger partial charge on any atom is -0.379 e. The summed E-state index contributed by atoms with van der Waals surface area (Å²) >= 11 is 1.24. The first-order valence-corrected chi connectivity index (χ1v) is 6.43. The maximum absolute atomic E-state index is 10.3. The fourth-order valence-electron chi connectivity index (χ4n) is 0.745. The van der Waals surface area contributed by atoms with Gasteiger partial charge in [-0.15, -0.1) is 0 Å². The van der Waals surface area contributed by atoms with Crippen LogP contribution in [0.15, 0.2) is 0 Å². The van der Waals surface area contributed by atoms with Crippen LogP contribution in [-0.2, 0) is 10.1 Å². The Hall–Kier alpha value is -0.270. The van der Waals surface area contributed by atoms with Crippen LogP contribution in [0.2, 0.25) is 0 Å². The molecule has 0 aliphatic rings. The Labute approximate surface area is 82.3 Å². The molecule has 0 atom stereocenters. The highest BCUT2D eigenvalue weighted by Crippen LogP contribution is 2.05. The molecule has 0 aromatic rings. The summed E-state index contributed by atoms with van der Waals surface area (Å²) < 4.78 is 28.9. The largest absolute Gasteiger partial charge is 0.379 e. The van der Waals surface area contributed by atoms with Crippen molar-refractivity contribution in [3.8, 4) is 0 Å². The van der Waals surface area contributed by atoms with E-state index in [4.69, 9.17) is 15.7 Å². The summed E-state index contributed by atoms with van der Waals surface area (Å²) in [6.45, 7) is 0. The minimum absolute atomic E-state index is 0.0785. The highest BCUT2D eigenvalue weighted by atomic mass is 32.2. The quantitative estimate of drug-likeness (QED) is 0.267. The second kappa shape index (κ2) is 6.22. The number of rotatable bonds is 6. The smallest absolute Gasteiger partial charge is 0.264 e. The highest BCUT2D eigenvalue weighted by Gasteiger charge is 2.02. The van der Waals surface area contributed by atoms with E-state index in [9.17, 15) is 8.42 Å². The fourth-order valence-corrected chi connectivity index (χ4v) is 1.88. The molecule has 0 unspecified atom stereocenters.